The molecule has 2 aromatic heterocycles. The first-order valence-electron chi connectivity index (χ1n) is 23.0. The first kappa shape index (κ1) is 40.4. The topological polar surface area (TPSA) is 42.2 Å². The number of nitrogens with zero attached hydrogens (tertiary/aromatic N) is 3. The van der Waals surface area contributed by atoms with Crippen molar-refractivity contribution in [2.75, 3.05) is 4.90 Å². The molecule has 0 amide bonds. The van der Waals surface area contributed by atoms with Gasteiger partial charge in [-0.1, -0.05) is 212 Å². The van der Waals surface area contributed by atoms with Crippen LogP contribution in [0, 0.1) is 0 Å². The Morgan fingerprint density at radius 1 is 0.309 bits per heavy atom. The molecule has 10 aromatic carbocycles. The van der Waals surface area contributed by atoms with Crippen molar-refractivity contribution < 1.29 is 4.42 Å². The molecular weight excluding hydrogens is 827 g/mol. The molecule has 0 radical (unpaired) electrons. The number of rotatable bonds is 10. The van der Waals surface area contributed by atoms with Crippen molar-refractivity contribution in [3.63, 3.8) is 0 Å². The van der Waals surface area contributed by atoms with Crippen molar-refractivity contribution in [3.8, 4) is 78.3 Å². The van der Waals surface area contributed by atoms with Gasteiger partial charge in [-0.05, 0) is 93.0 Å². The third-order valence-corrected chi connectivity index (χ3v) is 12.7. The normalized spacial score (nSPS) is 11.2. The summed E-state index contributed by atoms with van der Waals surface area (Å²) in [6.45, 7) is 0. The highest BCUT2D eigenvalue weighted by molar-refractivity contribution is 6.09. The van der Waals surface area contributed by atoms with Crippen LogP contribution in [-0.2, 0) is 0 Å². The van der Waals surface area contributed by atoms with Gasteiger partial charge in [0.2, 0.25) is 0 Å². The molecule has 0 aliphatic heterocycles. The number of furan rings is 1. The molecule has 0 bridgehead atoms. The monoisotopic (exact) mass is 869 g/mol. The predicted octanol–water partition coefficient (Wildman–Crippen LogP) is 17.5. The lowest BCUT2D eigenvalue weighted by Crippen LogP contribution is -2.13. The Kier molecular flexibility index (Phi) is 10.5. The van der Waals surface area contributed by atoms with Crippen molar-refractivity contribution in [3.05, 3.63) is 261 Å². The summed E-state index contributed by atoms with van der Waals surface area (Å²) in [7, 11) is 0. The third-order valence-electron chi connectivity index (χ3n) is 12.7. The van der Waals surface area contributed by atoms with Gasteiger partial charge in [-0.2, -0.15) is 0 Å². The highest BCUT2D eigenvalue weighted by Crippen LogP contribution is 2.50. The number of para-hydroxylation sites is 2. The Hall–Kier alpha value is -9.12. The van der Waals surface area contributed by atoms with E-state index in [1.54, 1.807) is 0 Å². The predicted molar refractivity (Wildman–Crippen MR) is 282 cm³/mol. The fourth-order valence-electron chi connectivity index (χ4n) is 9.32. The summed E-state index contributed by atoms with van der Waals surface area (Å²) in [6, 6.07) is 92.1. The SMILES string of the molecule is c1ccc(-c2ccc(-c3cc(-c4nc(-c5ccccc5)nc5c4oc4ccccc45)cc(-c4ccc(-c5ccccc5)cc4)c3N(c3ccccc3)c3ccc(-c4ccccc4)cc3)cc2)cc1. The van der Waals surface area contributed by atoms with E-state index in [4.69, 9.17) is 14.4 Å². The molecule has 0 fully saturated rings. The standard InChI is InChI=1S/C64H43N3O/c1-6-18-44(19-7-1)47-30-34-50(35-31-47)57-42-53(60-63-61(56-28-16-17-29-59(56)68-63)66-64(65-60)52-24-12-4-13-25-52)43-58(51-36-32-48(33-37-51)45-20-8-2-9-21-45)62(57)67(54-26-14-5-15-27-54)55-40-38-49(39-41-55)46-22-10-3-11-23-46/h1-43H. The smallest absolute Gasteiger partial charge is 0.180 e. The van der Waals surface area contributed by atoms with Gasteiger partial charge in [-0.25, -0.2) is 9.97 Å². The molecule has 0 aliphatic rings. The maximum absolute atomic E-state index is 6.78. The van der Waals surface area contributed by atoms with Gasteiger partial charge >= 0.3 is 0 Å². The van der Waals surface area contributed by atoms with Crippen LogP contribution in [0.5, 0.6) is 0 Å². The Morgan fingerprint density at radius 2 is 0.691 bits per heavy atom. The summed E-state index contributed by atoms with van der Waals surface area (Å²) in [4.78, 5) is 13.0. The van der Waals surface area contributed by atoms with E-state index in [0.717, 1.165) is 89.3 Å². The van der Waals surface area contributed by atoms with E-state index in [2.05, 4.69) is 229 Å². The molecule has 0 atom stereocenters. The fourth-order valence-corrected chi connectivity index (χ4v) is 9.32. The summed E-state index contributed by atoms with van der Waals surface area (Å²) in [6.07, 6.45) is 0. The van der Waals surface area contributed by atoms with E-state index in [1.165, 1.54) is 16.7 Å². The number of aromatic nitrogens is 2. The van der Waals surface area contributed by atoms with Crippen LogP contribution < -0.4 is 4.90 Å². The second kappa shape index (κ2) is 17.7. The Labute approximate surface area is 395 Å². The van der Waals surface area contributed by atoms with Crippen LogP contribution in [-0.4, -0.2) is 9.97 Å². The lowest BCUT2D eigenvalue weighted by atomic mass is 9.89. The first-order chi connectivity index (χ1) is 33.7. The number of fused-ring (bicyclic) bond motifs is 3. The fraction of sp³-hybridized carbons (Fsp3) is 0. The zero-order chi connectivity index (χ0) is 45.2. The molecule has 0 saturated heterocycles. The Bertz CT molecular complexity index is 3560. The summed E-state index contributed by atoms with van der Waals surface area (Å²) in [5.74, 6) is 0.635. The molecule has 0 N–H and O–H groups in total. The van der Waals surface area contributed by atoms with Crippen molar-refractivity contribution in [1.29, 1.82) is 0 Å². The molecule has 0 aliphatic carbocycles. The van der Waals surface area contributed by atoms with Gasteiger partial charge in [0.05, 0.1) is 5.69 Å². The molecule has 4 heteroatoms. The Morgan fingerprint density at radius 3 is 1.19 bits per heavy atom. The van der Waals surface area contributed by atoms with E-state index in [9.17, 15) is 0 Å². The van der Waals surface area contributed by atoms with Gasteiger partial charge in [0, 0.05) is 39.0 Å². The zero-order valence-electron chi connectivity index (χ0n) is 37.1. The summed E-state index contributed by atoms with van der Waals surface area (Å²) in [5.41, 5.74) is 19.0. The lowest BCUT2D eigenvalue weighted by molar-refractivity contribution is 0.667. The molecule has 12 rings (SSSR count). The van der Waals surface area contributed by atoms with Gasteiger partial charge in [0.25, 0.3) is 0 Å². The van der Waals surface area contributed by atoms with Gasteiger partial charge in [-0.3, -0.25) is 0 Å². The van der Waals surface area contributed by atoms with E-state index in [1.807, 2.05) is 36.4 Å². The van der Waals surface area contributed by atoms with Crippen LogP contribution in [0.1, 0.15) is 0 Å². The van der Waals surface area contributed by atoms with E-state index >= 15 is 0 Å². The molecule has 68 heavy (non-hydrogen) atoms. The zero-order valence-corrected chi connectivity index (χ0v) is 37.1. The highest BCUT2D eigenvalue weighted by atomic mass is 16.3. The molecule has 2 heterocycles. The molecule has 0 saturated carbocycles. The number of hydrogen-bond acceptors (Lipinski definition) is 4. The average Bonchev–Trinajstić information content (AvgIpc) is 3.81. The van der Waals surface area contributed by atoms with Gasteiger partial charge in [-0.15, -0.1) is 0 Å². The maximum Gasteiger partial charge on any atom is 0.180 e. The highest BCUT2D eigenvalue weighted by Gasteiger charge is 2.26. The van der Waals surface area contributed by atoms with Gasteiger partial charge in [0.1, 0.15) is 16.8 Å². The minimum absolute atomic E-state index is 0.635. The van der Waals surface area contributed by atoms with Crippen LogP contribution in [0.4, 0.5) is 17.1 Å². The number of benzene rings is 10. The summed E-state index contributed by atoms with van der Waals surface area (Å²) >= 11 is 0. The average molecular weight is 870 g/mol. The molecule has 4 nitrogen and oxygen atoms in total. The van der Waals surface area contributed by atoms with Crippen LogP contribution in [0.15, 0.2) is 265 Å². The molecule has 320 valence electrons. The third kappa shape index (κ3) is 7.70. The van der Waals surface area contributed by atoms with Crippen LogP contribution >= 0.6 is 0 Å². The van der Waals surface area contributed by atoms with Crippen molar-refractivity contribution in [2.24, 2.45) is 0 Å². The summed E-state index contributed by atoms with van der Waals surface area (Å²) in [5, 5.41) is 0.947. The summed E-state index contributed by atoms with van der Waals surface area (Å²) < 4.78 is 6.78. The lowest BCUT2D eigenvalue weighted by Gasteiger charge is -2.31. The minimum Gasteiger partial charge on any atom is -0.452 e. The molecular formula is C64H43N3O. The van der Waals surface area contributed by atoms with Crippen molar-refractivity contribution in [2.45, 2.75) is 0 Å². The maximum atomic E-state index is 6.78. The van der Waals surface area contributed by atoms with Gasteiger partial charge in [0.15, 0.2) is 11.4 Å². The largest absolute Gasteiger partial charge is 0.452 e. The number of anilines is 3. The first-order valence-corrected chi connectivity index (χ1v) is 23.0. The quantitative estimate of drug-likeness (QED) is 0.137. The van der Waals surface area contributed by atoms with E-state index < -0.39 is 0 Å². The molecule has 0 unspecified atom stereocenters. The molecule has 0 spiro atoms. The molecule has 12 aromatic rings. The van der Waals surface area contributed by atoms with Crippen LogP contribution in [0.2, 0.25) is 0 Å². The van der Waals surface area contributed by atoms with E-state index in [-0.39, 0.29) is 0 Å². The van der Waals surface area contributed by atoms with Crippen LogP contribution in [0.3, 0.4) is 0 Å². The van der Waals surface area contributed by atoms with Gasteiger partial charge < -0.3 is 9.32 Å². The second-order valence-corrected chi connectivity index (χ2v) is 16.9. The minimum atomic E-state index is 0.635. The van der Waals surface area contributed by atoms with Crippen molar-refractivity contribution in [1.82, 2.24) is 9.97 Å². The van der Waals surface area contributed by atoms with Crippen molar-refractivity contribution >= 4 is 39.1 Å². The van der Waals surface area contributed by atoms with Crippen LogP contribution in [0.25, 0.3) is 100 Å². The second-order valence-electron chi connectivity index (χ2n) is 16.9. The number of hydrogen-bond donors (Lipinski definition) is 0. The Balaban J connectivity index is 1.17. The van der Waals surface area contributed by atoms with E-state index in [0.29, 0.717) is 11.4 Å².